The lowest BCUT2D eigenvalue weighted by Gasteiger charge is -2.11. The quantitative estimate of drug-likeness (QED) is 0.631. The van der Waals surface area contributed by atoms with Gasteiger partial charge in [0.15, 0.2) is 11.5 Å². The van der Waals surface area contributed by atoms with Crippen LogP contribution in [-0.2, 0) is 0 Å². The SMILES string of the molecule is CCCOc1ccc(/C=N\n2cn[nH]c2=S)cc1OCC. The molecule has 21 heavy (non-hydrogen) atoms. The Morgan fingerprint density at radius 3 is 2.86 bits per heavy atom. The Balaban J connectivity index is 2.20. The molecule has 0 saturated heterocycles. The van der Waals surface area contributed by atoms with Gasteiger partial charge < -0.3 is 9.47 Å². The van der Waals surface area contributed by atoms with Crippen molar-refractivity contribution in [2.75, 3.05) is 13.2 Å². The fourth-order valence-electron chi connectivity index (χ4n) is 1.66. The third-order valence-electron chi connectivity index (χ3n) is 2.60. The molecule has 7 heteroatoms. The van der Waals surface area contributed by atoms with Crippen molar-refractivity contribution in [2.24, 2.45) is 5.10 Å². The van der Waals surface area contributed by atoms with Crippen LogP contribution < -0.4 is 9.47 Å². The van der Waals surface area contributed by atoms with E-state index in [-0.39, 0.29) is 0 Å². The summed E-state index contributed by atoms with van der Waals surface area (Å²) < 4.78 is 13.2. The highest BCUT2D eigenvalue weighted by atomic mass is 32.1. The van der Waals surface area contributed by atoms with Gasteiger partial charge in [0, 0.05) is 0 Å². The van der Waals surface area contributed by atoms with E-state index in [2.05, 4.69) is 22.2 Å². The number of ether oxygens (including phenoxy) is 2. The van der Waals surface area contributed by atoms with Crippen LogP contribution >= 0.6 is 12.2 Å². The first-order valence-electron chi connectivity index (χ1n) is 6.80. The van der Waals surface area contributed by atoms with Crippen LogP contribution in [0, 0.1) is 4.77 Å². The van der Waals surface area contributed by atoms with Gasteiger partial charge in [-0.25, -0.2) is 0 Å². The van der Waals surface area contributed by atoms with E-state index in [0.717, 1.165) is 17.7 Å². The summed E-state index contributed by atoms with van der Waals surface area (Å²) in [5.74, 6) is 1.46. The molecule has 0 spiro atoms. The van der Waals surface area contributed by atoms with Crippen molar-refractivity contribution in [3.63, 3.8) is 0 Å². The number of aromatic nitrogens is 3. The molecule has 0 saturated carbocycles. The van der Waals surface area contributed by atoms with E-state index in [1.54, 1.807) is 6.21 Å². The monoisotopic (exact) mass is 306 g/mol. The van der Waals surface area contributed by atoms with Gasteiger partial charge in [-0.15, -0.1) is 0 Å². The minimum absolute atomic E-state index is 0.444. The summed E-state index contributed by atoms with van der Waals surface area (Å²) in [6.07, 6.45) is 4.16. The van der Waals surface area contributed by atoms with Crippen molar-refractivity contribution in [1.82, 2.24) is 14.9 Å². The largest absolute Gasteiger partial charge is 0.490 e. The Morgan fingerprint density at radius 1 is 1.33 bits per heavy atom. The summed E-state index contributed by atoms with van der Waals surface area (Å²) in [5.41, 5.74) is 0.894. The lowest BCUT2D eigenvalue weighted by Crippen LogP contribution is -2.00. The second kappa shape index (κ2) is 7.58. The zero-order chi connectivity index (χ0) is 15.1. The molecule has 1 aromatic heterocycles. The number of hydrogen-bond acceptors (Lipinski definition) is 5. The van der Waals surface area contributed by atoms with Crippen LogP contribution in [-0.4, -0.2) is 34.3 Å². The average molecular weight is 306 g/mol. The molecule has 0 atom stereocenters. The van der Waals surface area contributed by atoms with E-state index in [0.29, 0.717) is 23.7 Å². The third kappa shape index (κ3) is 4.16. The van der Waals surface area contributed by atoms with Gasteiger partial charge in [0.1, 0.15) is 6.33 Å². The molecule has 0 radical (unpaired) electrons. The van der Waals surface area contributed by atoms with Crippen LogP contribution in [0.4, 0.5) is 0 Å². The molecular formula is C14H18N4O2S. The summed E-state index contributed by atoms with van der Waals surface area (Å²) in [6, 6.07) is 5.69. The van der Waals surface area contributed by atoms with Crippen LogP contribution in [0.2, 0.25) is 0 Å². The van der Waals surface area contributed by atoms with Gasteiger partial charge in [0.25, 0.3) is 0 Å². The molecule has 1 N–H and O–H groups in total. The van der Waals surface area contributed by atoms with Gasteiger partial charge in [0.2, 0.25) is 4.77 Å². The van der Waals surface area contributed by atoms with Crippen molar-refractivity contribution < 1.29 is 9.47 Å². The molecule has 2 rings (SSSR count). The lowest BCUT2D eigenvalue weighted by molar-refractivity contribution is 0.277. The second-order valence-electron chi connectivity index (χ2n) is 4.24. The summed E-state index contributed by atoms with van der Waals surface area (Å²) in [7, 11) is 0. The fourth-order valence-corrected chi connectivity index (χ4v) is 1.81. The minimum Gasteiger partial charge on any atom is -0.490 e. The van der Waals surface area contributed by atoms with Gasteiger partial charge >= 0.3 is 0 Å². The van der Waals surface area contributed by atoms with Crippen LogP contribution in [0.1, 0.15) is 25.8 Å². The van der Waals surface area contributed by atoms with Crippen molar-refractivity contribution >= 4 is 18.4 Å². The number of hydrogen-bond donors (Lipinski definition) is 1. The number of rotatable bonds is 7. The first-order chi connectivity index (χ1) is 10.2. The number of benzene rings is 1. The highest BCUT2D eigenvalue weighted by Gasteiger charge is 2.05. The Kier molecular flexibility index (Phi) is 5.51. The second-order valence-corrected chi connectivity index (χ2v) is 4.63. The summed E-state index contributed by atoms with van der Waals surface area (Å²) in [6.45, 7) is 5.25. The number of H-pyrrole nitrogens is 1. The molecule has 1 aromatic carbocycles. The van der Waals surface area contributed by atoms with Crippen molar-refractivity contribution in [2.45, 2.75) is 20.3 Å². The Hall–Kier alpha value is -2.15. The van der Waals surface area contributed by atoms with Gasteiger partial charge in [0.05, 0.1) is 19.4 Å². The number of nitrogens with one attached hydrogen (secondary N) is 1. The maximum absolute atomic E-state index is 5.66. The van der Waals surface area contributed by atoms with Gasteiger partial charge in [-0.2, -0.15) is 14.9 Å². The van der Waals surface area contributed by atoms with E-state index < -0.39 is 0 Å². The third-order valence-corrected chi connectivity index (χ3v) is 2.87. The molecular weight excluding hydrogens is 288 g/mol. The Bertz CT molecular complexity index is 663. The summed E-state index contributed by atoms with van der Waals surface area (Å²) in [5, 5.41) is 10.7. The average Bonchev–Trinajstić information content (AvgIpc) is 2.90. The first kappa shape index (κ1) is 15.2. The van der Waals surface area contributed by atoms with Crippen LogP contribution in [0.3, 0.4) is 0 Å². The van der Waals surface area contributed by atoms with Crippen molar-refractivity contribution in [1.29, 1.82) is 0 Å². The van der Waals surface area contributed by atoms with E-state index in [1.165, 1.54) is 11.0 Å². The van der Waals surface area contributed by atoms with Crippen molar-refractivity contribution in [3.8, 4) is 11.5 Å². The topological polar surface area (TPSA) is 64.4 Å². The maximum atomic E-state index is 5.66. The standard InChI is InChI=1S/C14H18N4O2S/c1-3-7-20-12-6-5-11(8-13(12)19-4-2)9-16-18-10-15-17-14(18)21/h5-6,8-10H,3-4,7H2,1-2H3,(H,17,21)/b16-9-. The number of nitrogens with zero attached hydrogens (tertiary/aromatic N) is 3. The molecule has 1 heterocycles. The minimum atomic E-state index is 0.444. The molecule has 6 nitrogen and oxygen atoms in total. The molecule has 0 amide bonds. The Labute approximate surface area is 128 Å². The predicted molar refractivity (Wildman–Crippen MR) is 83.8 cm³/mol. The van der Waals surface area contributed by atoms with E-state index in [4.69, 9.17) is 21.7 Å². The van der Waals surface area contributed by atoms with Gasteiger partial charge in [-0.3, -0.25) is 5.10 Å². The summed E-state index contributed by atoms with van der Waals surface area (Å²) >= 11 is 5.02. The highest BCUT2D eigenvalue weighted by molar-refractivity contribution is 7.71. The first-order valence-corrected chi connectivity index (χ1v) is 7.21. The molecule has 0 aliphatic rings. The van der Waals surface area contributed by atoms with E-state index >= 15 is 0 Å². The highest BCUT2D eigenvalue weighted by Crippen LogP contribution is 2.28. The summed E-state index contributed by atoms with van der Waals surface area (Å²) in [4.78, 5) is 0. The smallest absolute Gasteiger partial charge is 0.216 e. The lowest BCUT2D eigenvalue weighted by atomic mass is 10.2. The van der Waals surface area contributed by atoms with E-state index in [1.807, 2.05) is 25.1 Å². The molecule has 0 fully saturated rings. The molecule has 0 aliphatic carbocycles. The molecule has 0 unspecified atom stereocenters. The molecule has 0 aliphatic heterocycles. The Morgan fingerprint density at radius 2 is 2.19 bits per heavy atom. The molecule has 2 aromatic rings. The predicted octanol–water partition coefficient (Wildman–Crippen LogP) is 3.01. The fraction of sp³-hybridized carbons (Fsp3) is 0.357. The molecule has 0 bridgehead atoms. The zero-order valence-corrected chi connectivity index (χ0v) is 12.9. The molecule has 112 valence electrons. The van der Waals surface area contributed by atoms with Crippen LogP contribution in [0.25, 0.3) is 0 Å². The maximum Gasteiger partial charge on any atom is 0.216 e. The van der Waals surface area contributed by atoms with Crippen LogP contribution in [0.5, 0.6) is 11.5 Å². The number of aromatic amines is 1. The van der Waals surface area contributed by atoms with Crippen molar-refractivity contribution in [3.05, 3.63) is 34.9 Å². The van der Waals surface area contributed by atoms with Gasteiger partial charge in [-0.1, -0.05) is 6.92 Å². The normalized spacial score (nSPS) is 11.0. The van der Waals surface area contributed by atoms with E-state index in [9.17, 15) is 0 Å². The zero-order valence-electron chi connectivity index (χ0n) is 12.1. The van der Waals surface area contributed by atoms with Crippen LogP contribution in [0.15, 0.2) is 29.6 Å². The van der Waals surface area contributed by atoms with Gasteiger partial charge in [-0.05, 0) is 49.3 Å².